The van der Waals surface area contributed by atoms with Gasteiger partial charge in [0.1, 0.15) is 0 Å². The van der Waals surface area contributed by atoms with Crippen LogP contribution in [0.25, 0.3) is 0 Å². The summed E-state index contributed by atoms with van der Waals surface area (Å²) in [6, 6.07) is 5.41. The molecule has 3 heteroatoms. The molecule has 0 aliphatic carbocycles. The fourth-order valence-corrected chi connectivity index (χ4v) is 1.49. The minimum atomic E-state index is -0.0372. The molecule has 0 saturated carbocycles. The summed E-state index contributed by atoms with van der Waals surface area (Å²) in [6.45, 7) is 0. The van der Waals surface area contributed by atoms with Gasteiger partial charge in [-0.2, -0.15) is 0 Å². The molecule has 2 nitrogen and oxygen atoms in total. The molecule has 1 aliphatic heterocycles. The number of halogens is 1. The number of rotatable bonds is 0. The molecule has 0 fully saturated rings. The van der Waals surface area contributed by atoms with E-state index in [1.54, 1.807) is 12.1 Å². The number of amides is 1. The number of hydrogen-bond acceptors (Lipinski definition) is 1. The standard InChI is InChI=1S/C9H7ClNO/c10-7-2-3-8-6(5-7)1-4-9(12)11-8/h2-3,5H,1,4H2. The second kappa shape index (κ2) is 2.79. The van der Waals surface area contributed by atoms with Gasteiger partial charge in [-0.1, -0.05) is 11.6 Å². The van der Waals surface area contributed by atoms with Crippen molar-refractivity contribution in [3.8, 4) is 0 Å². The number of nitrogens with zero attached hydrogens (tertiary/aromatic N) is 1. The summed E-state index contributed by atoms with van der Waals surface area (Å²) >= 11 is 5.79. The van der Waals surface area contributed by atoms with Crippen molar-refractivity contribution in [1.82, 2.24) is 5.32 Å². The van der Waals surface area contributed by atoms with E-state index in [4.69, 9.17) is 11.6 Å². The van der Waals surface area contributed by atoms with Crippen LogP contribution in [0.1, 0.15) is 12.0 Å². The molecule has 1 radical (unpaired) electrons. The zero-order valence-electron chi connectivity index (χ0n) is 6.38. The van der Waals surface area contributed by atoms with Crippen LogP contribution >= 0.6 is 11.6 Å². The quantitative estimate of drug-likeness (QED) is 0.601. The third-order valence-corrected chi connectivity index (χ3v) is 2.13. The van der Waals surface area contributed by atoms with Crippen molar-refractivity contribution in [2.45, 2.75) is 12.8 Å². The van der Waals surface area contributed by atoms with E-state index in [-0.39, 0.29) is 5.91 Å². The summed E-state index contributed by atoms with van der Waals surface area (Å²) < 4.78 is 0. The Balaban J connectivity index is 2.43. The summed E-state index contributed by atoms with van der Waals surface area (Å²) in [5.74, 6) is -0.0372. The Kier molecular flexibility index (Phi) is 1.77. The van der Waals surface area contributed by atoms with E-state index < -0.39 is 0 Å². The first-order valence-corrected chi connectivity index (χ1v) is 4.16. The molecule has 0 atom stereocenters. The number of aryl methyl sites for hydroxylation is 1. The van der Waals surface area contributed by atoms with Gasteiger partial charge in [-0.05, 0) is 30.2 Å². The topological polar surface area (TPSA) is 31.2 Å². The minimum absolute atomic E-state index is 0.0372. The van der Waals surface area contributed by atoms with Crippen LogP contribution in [0.3, 0.4) is 0 Å². The molecule has 61 valence electrons. The lowest BCUT2D eigenvalue weighted by Crippen LogP contribution is -2.17. The number of hydrogen-bond donors (Lipinski definition) is 0. The van der Waals surface area contributed by atoms with Crippen LogP contribution in [0.5, 0.6) is 0 Å². The van der Waals surface area contributed by atoms with Crippen molar-refractivity contribution in [3.05, 3.63) is 28.8 Å². The van der Waals surface area contributed by atoms with Gasteiger partial charge in [-0.15, -0.1) is 0 Å². The first-order chi connectivity index (χ1) is 5.75. The van der Waals surface area contributed by atoms with Gasteiger partial charge in [-0.25, -0.2) is 5.32 Å². The molecule has 1 heterocycles. The molecule has 0 aromatic heterocycles. The third kappa shape index (κ3) is 1.30. The van der Waals surface area contributed by atoms with Crippen LogP contribution in [0.15, 0.2) is 18.2 Å². The van der Waals surface area contributed by atoms with Gasteiger partial charge in [-0.3, -0.25) is 4.79 Å². The van der Waals surface area contributed by atoms with Crippen molar-refractivity contribution in [2.75, 3.05) is 0 Å². The van der Waals surface area contributed by atoms with Gasteiger partial charge < -0.3 is 0 Å². The molecule has 0 spiro atoms. The van der Waals surface area contributed by atoms with Crippen molar-refractivity contribution in [3.63, 3.8) is 0 Å². The summed E-state index contributed by atoms with van der Waals surface area (Å²) in [5, 5.41) is 4.60. The zero-order chi connectivity index (χ0) is 8.55. The van der Waals surface area contributed by atoms with Gasteiger partial charge in [0.2, 0.25) is 5.91 Å². The fraction of sp³-hybridized carbons (Fsp3) is 0.222. The summed E-state index contributed by atoms with van der Waals surface area (Å²) in [7, 11) is 0. The first kappa shape index (κ1) is 7.62. The molecule has 0 saturated heterocycles. The van der Waals surface area contributed by atoms with Crippen LogP contribution in [-0.4, -0.2) is 5.91 Å². The highest BCUT2D eigenvalue weighted by Crippen LogP contribution is 2.25. The Morgan fingerprint density at radius 2 is 2.17 bits per heavy atom. The van der Waals surface area contributed by atoms with E-state index in [1.165, 1.54) is 0 Å². The lowest BCUT2D eigenvalue weighted by atomic mass is 10.0. The molecule has 0 N–H and O–H groups in total. The van der Waals surface area contributed by atoms with Crippen LogP contribution in [0, 0.1) is 0 Å². The molecule has 1 amide bonds. The highest BCUT2D eigenvalue weighted by Gasteiger charge is 2.15. The number of fused-ring (bicyclic) bond motifs is 1. The normalized spacial score (nSPS) is 15.2. The minimum Gasteiger partial charge on any atom is -0.273 e. The molecule has 1 aromatic carbocycles. The second-order valence-corrected chi connectivity index (χ2v) is 3.22. The second-order valence-electron chi connectivity index (χ2n) is 2.78. The van der Waals surface area contributed by atoms with Gasteiger partial charge in [0.05, 0.1) is 5.69 Å². The van der Waals surface area contributed by atoms with E-state index in [0.29, 0.717) is 11.4 Å². The largest absolute Gasteiger partial charge is 0.273 e. The average molecular weight is 181 g/mol. The monoisotopic (exact) mass is 180 g/mol. The smallest absolute Gasteiger partial charge is 0.246 e. The number of benzene rings is 1. The Bertz CT molecular complexity index is 335. The molecule has 1 aromatic rings. The van der Waals surface area contributed by atoms with Crippen LogP contribution < -0.4 is 5.32 Å². The first-order valence-electron chi connectivity index (χ1n) is 3.79. The lowest BCUT2D eigenvalue weighted by Gasteiger charge is -2.13. The van der Waals surface area contributed by atoms with Crippen molar-refractivity contribution in [2.24, 2.45) is 0 Å². The Labute approximate surface area is 75.5 Å². The third-order valence-electron chi connectivity index (χ3n) is 1.89. The number of carbonyl (C=O) groups excluding carboxylic acids is 1. The number of carbonyl (C=O) groups is 1. The van der Waals surface area contributed by atoms with Crippen molar-refractivity contribution >= 4 is 23.2 Å². The maximum Gasteiger partial charge on any atom is 0.246 e. The Hall–Kier alpha value is -1.02. The van der Waals surface area contributed by atoms with E-state index in [0.717, 1.165) is 17.7 Å². The van der Waals surface area contributed by atoms with Crippen molar-refractivity contribution < 1.29 is 4.79 Å². The zero-order valence-corrected chi connectivity index (χ0v) is 7.14. The average Bonchev–Trinajstić information content (AvgIpc) is 2.05. The molecule has 0 unspecified atom stereocenters. The predicted octanol–water partition coefficient (Wildman–Crippen LogP) is 2.05. The highest BCUT2D eigenvalue weighted by atomic mass is 35.5. The van der Waals surface area contributed by atoms with Crippen LogP contribution in [-0.2, 0) is 11.2 Å². The Morgan fingerprint density at radius 3 is 3.00 bits per heavy atom. The Morgan fingerprint density at radius 1 is 1.33 bits per heavy atom. The van der Waals surface area contributed by atoms with Gasteiger partial charge in [0.25, 0.3) is 0 Å². The fourth-order valence-electron chi connectivity index (χ4n) is 1.30. The lowest BCUT2D eigenvalue weighted by molar-refractivity contribution is -0.120. The van der Waals surface area contributed by atoms with Gasteiger partial charge in [0, 0.05) is 11.4 Å². The summed E-state index contributed by atoms with van der Waals surface area (Å²) in [4.78, 5) is 10.9. The van der Waals surface area contributed by atoms with Gasteiger partial charge in [0.15, 0.2) is 0 Å². The maximum absolute atomic E-state index is 10.9. The predicted molar refractivity (Wildman–Crippen MR) is 46.6 cm³/mol. The van der Waals surface area contributed by atoms with E-state index in [1.807, 2.05) is 6.07 Å². The van der Waals surface area contributed by atoms with Crippen LogP contribution in [0.2, 0.25) is 5.02 Å². The van der Waals surface area contributed by atoms with E-state index in [2.05, 4.69) is 5.32 Å². The molecular weight excluding hydrogens is 174 g/mol. The maximum atomic E-state index is 10.9. The molecule has 0 bridgehead atoms. The summed E-state index contributed by atoms with van der Waals surface area (Å²) in [6.07, 6.45) is 1.27. The molecular formula is C9H7ClNO. The summed E-state index contributed by atoms with van der Waals surface area (Å²) in [5.41, 5.74) is 1.85. The SMILES string of the molecule is O=C1CCc2cc(Cl)ccc2[N]1. The van der Waals surface area contributed by atoms with Crippen molar-refractivity contribution in [1.29, 1.82) is 0 Å². The van der Waals surface area contributed by atoms with Gasteiger partial charge >= 0.3 is 0 Å². The molecule has 12 heavy (non-hydrogen) atoms. The van der Waals surface area contributed by atoms with Crippen LogP contribution in [0.4, 0.5) is 5.69 Å². The molecule has 1 aliphatic rings. The van der Waals surface area contributed by atoms with E-state index >= 15 is 0 Å². The van der Waals surface area contributed by atoms with E-state index in [9.17, 15) is 4.79 Å². The molecule has 2 rings (SSSR count). The highest BCUT2D eigenvalue weighted by molar-refractivity contribution is 6.30.